The Morgan fingerprint density at radius 1 is 1.39 bits per heavy atom. The molecule has 0 amide bonds. The third kappa shape index (κ3) is 1.70. The van der Waals surface area contributed by atoms with Crippen LogP contribution in [-0.2, 0) is 9.53 Å². The van der Waals surface area contributed by atoms with Crippen LogP contribution in [0.15, 0.2) is 0 Å². The molecule has 3 rings (SSSR count). The quantitative estimate of drug-likeness (QED) is 0.767. The van der Waals surface area contributed by atoms with E-state index in [9.17, 15) is 4.79 Å². The average Bonchev–Trinajstić information content (AvgIpc) is 2.94. The van der Waals surface area contributed by atoms with Gasteiger partial charge in [0.05, 0.1) is 12.5 Å². The van der Waals surface area contributed by atoms with E-state index in [-0.39, 0.29) is 17.3 Å². The Morgan fingerprint density at radius 2 is 2.22 bits per heavy atom. The summed E-state index contributed by atoms with van der Waals surface area (Å²) >= 11 is 0. The molecule has 0 aromatic rings. The Hall–Kier alpha value is -0.570. The fourth-order valence-electron chi connectivity index (χ4n) is 5.08. The summed E-state index contributed by atoms with van der Waals surface area (Å²) in [6.07, 6.45) is 8.37. The molecule has 3 aliphatic rings. The van der Waals surface area contributed by atoms with E-state index >= 15 is 0 Å². The van der Waals surface area contributed by atoms with Gasteiger partial charge in [0.2, 0.25) is 0 Å². The molecule has 3 saturated carbocycles. The van der Waals surface area contributed by atoms with Gasteiger partial charge in [0, 0.05) is 6.04 Å². The van der Waals surface area contributed by atoms with Gasteiger partial charge in [-0.3, -0.25) is 4.79 Å². The van der Waals surface area contributed by atoms with Crippen molar-refractivity contribution in [2.45, 2.75) is 57.9 Å². The van der Waals surface area contributed by atoms with E-state index in [1.54, 1.807) is 0 Å². The van der Waals surface area contributed by atoms with E-state index in [1.165, 1.54) is 25.7 Å². The summed E-state index contributed by atoms with van der Waals surface area (Å²) in [5.74, 6) is 1.65. The molecule has 0 aliphatic heterocycles. The molecule has 0 heterocycles. The largest absolute Gasteiger partial charge is 0.466 e. The van der Waals surface area contributed by atoms with Crippen molar-refractivity contribution < 1.29 is 9.53 Å². The van der Waals surface area contributed by atoms with Crippen molar-refractivity contribution in [3.63, 3.8) is 0 Å². The maximum Gasteiger partial charge on any atom is 0.308 e. The van der Waals surface area contributed by atoms with Crippen molar-refractivity contribution in [1.29, 1.82) is 0 Å². The fourth-order valence-corrected chi connectivity index (χ4v) is 5.08. The second-order valence-electron chi connectivity index (χ2n) is 6.57. The van der Waals surface area contributed by atoms with Crippen molar-refractivity contribution in [1.82, 2.24) is 0 Å². The molecule has 2 bridgehead atoms. The van der Waals surface area contributed by atoms with E-state index in [4.69, 9.17) is 10.5 Å². The topological polar surface area (TPSA) is 52.3 Å². The molecule has 3 fully saturated rings. The fraction of sp³-hybridized carbons (Fsp3) is 0.933. The van der Waals surface area contributed by atoms with Crippen LogP contribution in [0.3, 0.4) is 0 Å². The van der Waals surface area contributed by atoms with Gasteiger partial charge >= 0.3 is 5.97 Å². The van der Waals surface area contributed by atoms with Crippen LogP contribution in [0.5, 0.6) is 0 Å². The average molecular weight is 251 g/mol. The third-order valence-electron chi connectivity index (χ3n) is 5.90. The second kappa shape index (κ2) is 4.52. The van der Waals surface area contributed by atoms with Crippen LogP contribution in [0.1, 0.15) is 51.9 Å². The van der Waals surface area contributed by atoms with Gasteiger partial charge in [-0.05, 0) is 62.7 Å². The number of carbonyl (C=O) groups excluding carboxylic acids is 1. The highest BCUT2D eigenvalue weighted by molar-refractivity contribution is 5.72. The minimum atomic E-state index is 0.0200. The van der Waals surface area contributed by atoms with Gasteiger partial charge in [-0.25, -0.2) is 0 Å². The monoisotopic (exact) mass is 251 g/mol. The van der Waals surface area contributed by atoms with Crippen molar-refractivity contribution in [2.75, 3.05) is 6.61 Å². The molecule has 3 heteroatoms. The van der Waals surface area contributed by atoms with Crippen LogP contribution in [-0.4, -0.2) is 18.6 Å². The summed E-state index contributed by atoms with van der Waals surface area (Å²) in [4.78, 5) is 12.0. The molecular weight excluding hydrogens is 226 g/mol. The molecular formula is C15H25NO2. The summed E-state index contributed by atoms with van der Waals surface area (Å²) in [6.45, 7) is 2.39. The van der Waals surface area contributed by atoms with E-state index in [0.29, 0.717) is 12.6 Å². The number of fused-ring (bicyclic) bond motifs is 3. The summed E-state index contributed by atoms with van der Waals surface area (Å²) in [5.41, 5.74) is 6.79. The number of esters is 1. The minimum Gasteiger partial charge on any atom is -0.466 e. The highest BCUT2D eigenvalue weighted by Gasteiger charge is 2.58. The number of carbonyl (C=O) groups is 1. The van der Waals surface area contributed by atoms with E-state index < -0.39 is 0 Å². The molecule has 102 valence electrons. The van der Waals surface area contributed by atoms with Gasteiger partial charge < -0.3 is 10.5 Å². The molecule has 3 nitrogen and oxygen atoms in total. The number of ether oxygens (including phenoxy) is 1. The zero-order valence-electron chi connectivity index (χ0n) is 11.4. The van der Waals surface area contributed by atoms with E-state index in [1.807, 2.05) is 6.92 Å². The summed E-state index contributed by atoms with van der Waals surface area (Å²) in [7, 11) is 0. The lowest BCUT2D eigenvalue weighted by Crippen LogP contribution is -2.49. The number of hydrogen-bond acceptors (Lipinski definition) is 3. The molecule has 18 heavy (non-hydrogen) atoms. The van der Waals surface area contributed by atoms with Crippen LogP contribution in [0.25, 0.3) is 0 Å². The molecule has 0 saturated heterocycles. The normalized spacial score (nSPS) is 46.6. The summed E-state index contributed by atoms with van der Waals surface area (Å²) in [6, 6.07) is 0.341. The van der Waals surface area contributed by atoms with Gasteiger partial charge in [0.1, 0.15) is 0 Å². The smallest absolute Gasteiger partial charge is 0.308 e. The Morgan fingerprint density at radius 3 is 2.89 bits per heavy atom. The van der Waals surface area contributed by atoms with Gasteiger partial charge in [-0.2, -0.15) is 0 Å². The van der Waals surface area contributed by atoms with Gasteiger partial charge in [-0.15, -0.1) is 0 Å². The van der Waals surface area contributed by atoms with Gasteiger partial charge in [-0.1, -0.05) is 6.42 Å². The molecule has 1 spiro atoms. The molecule has 0 aromatic heterocycles. The Labute approximate surface area is 109 Å². The first kappa shape index (κ1) is 12.5. The first-order chi connectivity index (χ1) is 8.67. The van der Waals surface area contributed by atoms with Crippen LogP contribution >= 0.6 is 0 Å². The second-order valence-corrected chi connectivity index (χ2v) is 6.57. The maximum absolute atomic E-state index is 12.0. The van der Waals surface area contributed by atoms with Crippen LogP contribution in [0, 0.1) is 23.2 Å². The lowest BCUT2D eigenvalue weighted by molar-refractivity contribution is -0.151. The van der Waals surface area contributed by atoms with Gasteiger partial charge in [0.15, 0.2) is 0 Å². The van der Waals surface area contributed by atoms with Crippen molar-refractivity contribution in [3.8, 4) is 0 Å². The van der Waals surface area contributed by atoms with Crippen LogP contribution < -0.4 is 5.73 Å². The van der Waals surface area contributed by atoms with Crippen molar-refractivity contribution in [2.24, 2.45) is 28.9 Å². The highest BCUT2D eigenvalue weighted by Crippen LogP contribution is 2.61. The minimum absolute atomic E-state index is 0.0200. The molecule has 3 aliphatic carbocycles. The predicted molar refractivity (Wildman–Crippen MR) is 69.8 cm³/mol. The summed E-state index contributed by atoms with van der Waals surface area (Å²) < 4.78 is 5.22. The van der Waals surface area contributed by atoms with Crippen molar-refractivity contribution in [3.05, 3.63) is 0 Å². The SMILES string of the molecule is CCOC(=O)C1CCC[C@]2(C1)[C@H]1CC[C@H](C1)[C@@H]2N. The number of hydrogen-bond donors (Lipinski definition) is 1. The van der Waals surface area contributed by atoms with E-state index in [0.717, 1.165) is 31.1 Å². The Kier molecular flexibility index (Phi) is 3.13. The molecule has 0 radical (unpaired) electrons. The first-order valence-corrected chi connectivity index (χ1v) is 7.59. The Balaban J connectivity index is 1.75. The van der Waals surface area contributed by atoms with Crippen molar-refractivity contribution >= 4 is 5.97 Å². The molecule has 1 unspecified atom stereocenters. The zero-order chi connectivity index (χ0) is 12.8. The first-order valence-electron chi connectivity index (χ1n) is 7.59. The predicted octanol–water partition coefficient (Wildman–Crippen LogP) is 2.48. The number of rotatable bonds is 2. The molecule has 2 N–H and O–H groups in total. The Bertz CT molecular complexity index is 339. The summed E-state index contributed by atoms with van der Waals surface area (Å²) in [5, 5.41) is 0. The van der Waals surface area contributed by atoms with Crippen LogP contribution in [0.4, 0.5) is 0 Å². The van der Waals surface area contributed by atoms with Crippen LogP contribution in [0.2, 0.25) is 0 Å². The highest BCUT2D eigenvalue weighted by atomic mass is 16.5. The third-order valence-corrected chi connectivity index (χ3v) is 5.90. The van der Waals surface area contributed by atoms with Gasteiger partial charge in [0.25, 0.3) is 0 Å². The standard InChI is InChI=1S/C15H25NO2/c1-2-18-14(17)11-4-3-7-15(9-11)12-6-5-10(8-12)13(15)16/h10-13H,2-9,16H2,1H3/t10-,11?,12+,13+,15+/m1/s1. The van der Waals surface area contributed by atoms with E-state index in [2.05, 4.69) is 0 Å². The zero-order valence-corrected chi connectivity index (χ0v) is 11.4. The maximum atomic E-state index is 12.0. The molecule has 5 atom stereocenters. The molecule has 0 aromatic carbocycles. The lowest BCUT2D eigenvalue weighted by Gasteiger charge is -2.47. The number of nitrogens with two attached hydrogens (primary N) is 1. The lowest BCUT2D eigenvalue weighted by atomic mass is 9.59.